The molecule has 2 aromatic carbocycles. The lowest BCUT2D eigenvalue weighted by atomic mass is 10.0. The van der Waals surface area contributed by atoms with Crippen LogP contribution in [0, 0.1) is 0 Å². The van der Waals surface area contributed by atoms with E-state index in [1.165, 1.54) is 22.4 Å². The molecule has 0 radical (unpaired) electrons. The Morgan fingerprint density at radius 1 is 0.800 bits per heavy atom. The van der Waals surface area contributed by atoms with Gasteiger partial charge in [0.05, 0.1) is 0 Å². The Morgan fingerprint density at radius 2 is 1.50 bits per heavy atom. The molecule has 0 atom stereocenters. The highest BCUT2D eigenvalue weighted by atomic mass is 15.1. The molecule has 106 valence electrons. The molecule has 0 aromatic heterocycles. The van der Waals surface area contributed by atoms with Crippen LogP contribution in [-0.4, -0.2) is 33.1 Å². The number of hydrogen-bond donors (Lipinski definition) is 0. The minimum atomic E-state index is 0.982. The number of benzene rings is 2. The van der Waals surface area contributed by atoms with Crippen molar-refractivity contribution in [2.24, 2.45) is 0 Å². The molecule has 20 heavy (non-hydrogen) atoms. The zero-order chi connectivity index (χ0) is 14.5. The number of nitrogens with zero attached hydrogens (tertiary/aromatic N) is 2. The SMILES string of the molecule is CN(C)Cc1cccc(Cc2ccccc2N(C)C)c1. The van der Waals surface area contributed by atoms with Crippen LogP contribution in [0.15, 0.2) is 48.5 Å². The molecule has 2 aromatic rings. The molecule has 0 N–H and O–H groups in total. The van der Waals surface area contributed by atoms with Crippen LogP contribution >= 0.6 is 0 Å². The zero-order valence-corrected chi connectivity index (χ0v) is 12.9. The molecule has 0 saturated carbocycles. The van der Waals surface area contributed by atoms with Crippen LogP contribution in [0.2, 0.25) is 0 Å². The highest BCUT2D eigenvalue weighted by molar-refractivity contribution is 5.54. The first kappa shape index (κ1) is 14.6. The van der Waals surface area contributed by atoms with Crippen LogP contribution in [0.4, 0.5) is 5.69 Å². The Hall–Kier alpha value is -1.80. The third kappa shape index (κ3) is 3.84. The summed E-state index contributed by atoms with van der Waals surface area (Å²) in [5.74, 6) is 0. The second-order valence-electron chi connectivity index (χ2n) is 5.76. The fourth-order valence-electron chi connectivity index (χ4n) is 2.52. The van der Waals surface area contributed by atoms with E-state index in [1.54, 1.807) is 0 Å². The van der Waals surface area contributed by atoms with Gasteiger partial charge in [-0.15, -0.1) is 0 Å². The average Bonchev–Trinajstić information content (AvgIpc) is 2.38. The second-order valence-corrected chi connectivity index (χ2v) is 5.76. The van der Waals surface area contributed by atoms with Gasteiger partial charge in [0.1, 0.15) is 0 Å². The van der Waals surface area contributed by atoms with Gasteiger partial charge in [-0.05, 0) is 43.3 Å². The summed E-state index contributed by atoms with van der Waals surface area (Å²) in [7, 11) is 8.41. The monoisotopic (exact) mass is 268 g/mol. The lowest BCUT2D eigenvalue weighted by Gasteiger charge is -2.18. The lowest BCUT2D eigenvalue weighted by Crippen LogP contribution is -2.12. The van der Waals surface area contributed by atoms with Gasteiger partial charge in [0, 0.05) is 26.3 Å². The van der Waals surface area contributed by atoms with Crippen molar-refractivity contribution in [1.82, 2.24) is 4.90 Å². The van der Waals surface area contributed by atoms with Crippen LogP contribution < -0.4 is 4.90 Å². The summed E-state index contributed by atoms with van der Waals surface area (Å²) in [6.07, 6.45) is 0.982. The molecule has 0 amide bonds. The lowest BCUT2D eigenvalue weighted by molar-refractivity contribution is 0.402. The van der Waals surface area contributed by atoms with E-state index in [4.69, 9.17) is 0 Å². The zero-order valence-electron chi connectivity index (χ0n) is 12.9. The summed E-state index contributed by atoms with van der Waals surface area (Å²) >= 11 is 0. The van der Waals surface area contributed by atoms with Gasteiger partial charge in [-0.1, -0.05) is 42.5 Å². The third-order valence-electron chi connectivity index (χ3n) is 3.36. The maximum absolute atomic E-state index is 2.31. The summed E-state index contributed by atoms with van der Waals surface area (Å²) in [6.45, 7) is 0.989. The molecular weight excluding hydrogens is 244 g/mol. The van der Waals surface area contributed by atoms with Crippen LogP contribution in [0.25, 0.3) is 0 Å². The van der Waals surface area contributed by atoms with Crippen molar-refractivity contribution in [3.05, 3.63) is 65.2 Å². The minimum absolute atomic E-state index is 0.982. The molecule has 0 bridgehead atoms. The van der Waals surface area contributed by atoms with Gasteiger partial charge in [-0.25, -0.2) is 0 Å². The van der Waals surface area contributed by atoms with Gasteiger partial charge in [0.25, 0.3) is 0 Å². The Morgan fingerprint density at radius 3 is 2.20 bits per heavy atom. The van der Waals surface area contributed by atoms with Gasteiger partial charge >= 0.3 is 0 Å². The number of rotatable bonds is 5. The number of anilines is 1. The van der Waals surface area contributed by atoms with Crippen molar-refractivity contribution < 1.29 is 0 Å². The Labute approximate surface area is 122 Å². The third-order valence-corrected chi connectivity index (χ3v) is 3.36. The largest absolute Gasteiger partial charge is 0.377 e. The average molecular weight is 268 g/mol. The fourth-order valence-corrected chi connectivity index (χ4v) is 2.52. The molecule has 0 unspecified atom stereocenters. The Kier molecular flexibility index (Phi) is 4.80. The molecule has 0 heterocycles. The number of para-hydroxylation sites is 1. The van der Waals surface area contributed by atoms with Gasteiger partial charge in [-0.2, -0.15) is 0 Å². The van der Waals surface area contributed by atoms with Crippen molar-refractivity contribution in [3.8, 4) is 0 Å². The molecule has 0 aliphatic carbocycles. The maximum Gasteiger partial charge on any atom is 0.0396 e. The molecule has 2 rings (SSSR count). The molecular formula is C18H24N2. The molecule has 0 fully saturated rings. The van der Waals surface area contributed by atoms with E-state index in [0.717, 1.165) is 13.0 Å². The molecule has 0 spiro atoms. The topological polar surface area (TPSA) is 6.48 Å². The van der Waals surface area contributed by atoms with Crippen LogP contribution in [-0.2, 0) is 13.0 Å². The normalized spacial score (nSPS) is 10.8. The van der Waals surface area contributed by atoms with E-state index < -0.39 is 0 Å². The first-order valence-corrected chi connectivity index (χ1v) is 7.04. The van der Waals surface area contributed by atoms with E-state index in [0.29, 0.717) is 0 Å². The predicted molar refractivity (Wildman–Crippen MR) is 87.4 cm³/mol. The van der Waals surface area contributed by atoms with Crippen molar-refractivity contribution in [1.29, 1.82) is 0 Å². The minimum Gasteiger partial charge on any atom is -0.377 e. The highest BCUT2D eigenvalue weighted by Crippen LogP contribution is 2.21. The summed E-state index contributed by atoms with van der Waals surface area (Å²) < 4.78 is 0. The summed E-state index contributed by atoms with van der Waals surface area (Å²) in [4.78, 5) is 4.38. The molecule has 0 aliphatic rings. The van der Waals surface area contributed by atoms with Crippen LogP contribution in [0.5, 0.6) is 0 Å². The summed E-state index contributed by atoms with van der Waals surface area (Å²) in [5, 5.41) is 0. The fraction of sp³-hybridized carbons (Fsp3) is 0.333. The number of hydrogen-bond acceptors (Lipinski definition) is 2. The van der Waals surface area contributed by atoms with E-state index >= 15 is 0 Å². The van der Waals surface area contributed by atoms with Gasteiger partial charge < -0.3 is 9.80 Å². The van der Waals surface area contributed by atoms with Crippen molar-refractivity contribution >= 4 is 5.69 Å². The summed E-state index contributed by atoms with van der Waals surface area (Å²) in [5.41, 5.74) is 5.42. The smallest absolute Gasteiger partial charge is 0.0396 e. The first-order chi connectivity index (χ1) is 9.56. The highest BCUT2D eigenvalue weighted by Gasteiger charge is 2.05. The van der Waals surface area contributed by atoms with Crippen molar-refractivity contribution in [3.63, 3.8) is 0 Å². The quantitative estimate of drug-likeness (QED) is 0.820. The second kappa shape index (κ2) is 6.58. The molecule has 0 aliphatic heterocycles. The van der Waals surface area contributed by atoms with Crippen LogP contribution in [0.3, 0.4) is 0 Å². The predicted octanol–water partition coefficient (Wildman–Crippen LogP) is 3.41. The Bertz CT molecular complexity index is 559. The van der Waals surface area contributed by atoms with Crippen molar-refractivity contribution in [2.75, 3.05) is 33.1 Å². The summed E-state index contributed by atoms with van der Waals surface area (Å²) in [6, 6.07) is 17.5. The van der Waals surface area contributed by atoms with E-state index in [-0.39, 0.29) is 0 Å². The molecule has 2 nitrogen and oxygen atoms in total. The van der Waals surface area contributed by atoms with Gasteiger partial charge in [0.2, 0.25) is 0 Å². The first-order valence-electron chi connectivity index (χ1n) is 7.04. The molecule has 2 heteroatoms. The molecule has 0 saturated heterocycles. The maximum atomic E-state index is 2.31. The van der Waals surface area contributed by atoms with Gasteiger partial charge in [-0.3, -0.25) is 0 Å². The van der Waals surface area contributed by atoms with Gasteiger partial charge in [0.15, 0.2) is 0 Å². The van der Waals surface area contributed by atoms with Crippen LogP contribution in [0.1, 0.15) is 16.7 Å². The van der Waals surface area contributed by atoms with E-state index in [1.807, 2.05) is 0 Å². The standard InChI is InChI=1S/C18H24N2/c1-19(2)14-16-9-7-8-15(12-16)13-17-10-5-6-11-18(17)20(3)4/h5-12H,13-14H2,1-4H3. The Balaban J connectivity index is 2.22. The van der Waals surface area contributed by atoms with Crippen molar-refractivity contribution in [2.45, 2.75) is 13.0 Å². The van der Waals surface area contributed by atoms with E-state index in [2.05, 4.69) is 86.5 Å². The van der Waals surface area contributed by atoms with E-state index in [9.17, 15) is 0 Å².